The fraction of sp³-hybridized carbons (Fsp3) is 0.538. The van der Waals surface area contributed by atoms with Crippen molar-refractivity contribution in [2.75, 3.05) is 7.11 Å². The zero-order valence-corrected chi connectivity index (χ0v) is 11.1. The number of methoxy groups -OCH3 is 1. The highest BCUT2D eigenvalue weighted by Gasteiger charge is 2.30. The van der Waals surface area contributed by atoms with Crippen LogP contribution in [0.2, 0.25) is 0 Å². The molecule has 98 valence electrons. The predicted molar refractivity (Wildman–Crippen MR) is 66.6 cm³/mol. The highest BCUT2D eigenvalue weighted by atomic mass is 16.5. The van der Waals surface area contributed by atoms with E-state index in [-0.39, 0.29) is 17.9 Å². The lowest BCUT2D eigenvalue weighted by Gasteiger charge is -2.29. The van der Waals surface area contributed by atoms with Crippen LogP contribution in [0.15, 0.2) is 23.7 Å². The Hall–Kier alpha value is -1.96. The van der Waals surface area contributed by atoms with Gasteiger partial charge in [-0.3, -0.25) is 4.79 Å². The van der Waals surface area contributed by atoms with Gasteiger partial charge >= 0.3 is 6.09 Å². The Morgan fingerprint density at radius 2 is 2.06 bits per heavy atom. The Labute approximate surface area is 107 Å². The van der Waals surface area contributed by atoms with Crippen LogP contribution in [-0.2, 0) is 9.53 Å². The van der Waals surface area contributed by atoms with Gasteiger partial charge in [0.15, 0.2) is 0 Å². The van der Waals surface area contributed by atoms with Crippen molar-refractivity contribution in [3.8, 4) is 0 Å². The van der Waals surface area contributed by atoms with Gasteiger partial charge in [0.25, 0.3) is 5.91 Å². The van der Waals surface area contributed by atoms with E-state index in [9.17, 15) is 9.59 Å². The summed E-state index contributed by atoms with van der Waals surface area (Å²) in [6, 6.07) is -0.719. The SMILES string of the molecule is COC(=O)N[C@H](C(=O)N1C=C=C=C[C@H]1C)C(C)C. The van der Waals surface area contributed by atoms with Gasteiger partial charge in [-0.25, -0.2) is 4.79 Å². The maximum Gasteiger partial charge on any atom is 0.407 e. The van der Waals surface area contributed by atoms with Gasteiger partial charge < -0.3 is 15.0 Å². The van der Waals surface area contributed by atoms with Gasteiger partial charge in [-0.15, -0.1) is 0 Å². The molecule has 0 fully saturated rings. The van der Waals surface area contributed by atoms with E-state index in [0.29, 0.717) is 0 Å². The highest BCUT2D eigenvalue weighted by molar-refractivity contribution is 5.87. The summed E-state index contributed by atoms with van der Waals surface area (Å²) in [6.45, 7) is 5.60. The second-order valence-corrected chi connectivity index (χ2v) is 4.43. The van der Waals surface area contributed by atoms with Crippen LogP contribution in [0.3, 0.4) is 0 Å². The number of alkyl carbamates (subject to hydrolysis) is 1. The smallest absolute Gasteiger partial charge is 0.407 e. The summed E-state index contributed by atoms with van der Waals surface area (Å²) in [5, 5.41) is 2.55. The van der Waals surface area contributed by atoms with Crippen LogP contribution in [0.1, 0.15) is 20.8 Å². The third-order valence-electron chi connectivity index (χ3n) is 2.70. The number of rotatable bonds is 3. The molecule has 1 N–H and O–H groups in total. The summed E-state index contributed by atoms with van der Waals surface area (Å²) in [6.07, 6.45) is 2.68. The van der Waals surface area contributed by atoms with Gasteiger partial charge in [0.05, 0.1) is 19.4 Å². The lowest BCUT2D eigenvalue weighted by atomic mass is 10.0. The number of ether oxygens (including phenoxy) is 1. The molecule has 5 heteroatoms. The largest absolute Gasteiger partial charge is 0.453 e. The summed E-state index contributed by atoms with van der Waals surface area (Å²) in [4.78, 5) is 25.1. The number of nitrogens with zero attached hydrogens (tertiary/aromatic N) is 1. The van der Waals surface area contributed by atoms with Crippen molar-refractivity contribution in [3.05, 3.63) is 23.7 Å². The number of carbonyl (C=O) groups excluding carboxylic acids is 2. The third kappa shape index (κ3) is 3.27. The van der Waals surface area contributed by atoms with Crippen molar-refractivity contribution in [1.82, 2.24) is 10.2 Å². The first-order valence-electron chi connectivity index (χ1n) is 5.81. The molecule has 5 nitrogen and oxygen atoms in total. The molecular weight excluding hydrogens is 232 g/mol. The molecule has 1 aliphatic rings. The first-order valence-corrected chi connectivity index (χ1v) is 5.81. The van der Waals surface area contributed by atoms with Gasteiger partial charge in [-0.1, -0.05) is 25.3 Å². The summed E-state index contributed by atoms with van der Waals surface area (Å²) < 4.78 is 4.53. The Bertz CT molecular complexity index is 430. The molecule has 0 aliphatic carbocycles. The molecule has 18 heavy (non-hydrogen) atoms. The van der Waals surface area contributed by atoms with Crippen LogP contribution >= 0.6 is 0 Å². The maximum absolute atomic E-state index is 12.3. The minimum Gasteiger partial charge on any atom is -0.453 e. The fourth-order valence-electron chi connectivity index (χ4n) is 1.60. The Kier molecular flexibility index (Phi) is 4.78. The standard InChI is InChI=1S/C13H18N2O3/c1-9(2)11(14-13(17)18-4)12(16)15-8-6-5-7-10(15)3/h7-11H,1-4H3,(H,14,17)/t10-,11+/m1/s1. The van der Waals surface area contributed by atoms with Crippen LogP contribution in [0.4, 0.5) is 4.79 Å². The highest BCUT2D eigenvalue weighted by Crippen LogP contribution is 2.12. The average molecular weight is 250 g/mol. The van der Waals surface area contributed by atoms with Crippen LogP contribution in [0.25, 0.3) is 0 Å². The van der Waals surface area contributed by atoms with Crippen LogP contribution in [-0.4, -0.2) is 36.1 Å². The second kappa shape index (κ2) is 6.10. The normalized spacial score (nSPS) is 18.9. The maximum atomic E-state index is 12.3. The molecule has 0 spiro atoms. The molecule has 0 saturated heterocycles. The van der Waals surface area contributed by atoms with Crippen LogP contribution in [0.5, 0.6) is 0 Å². The Morgan fingerprint density at radius 3 is 2.56 bits per heavy atom. The third-order valence-corrected chi connectivity index (χ3v) is 2.70. The van der Waals surface area contributed by atoms with E-state index in [4.69, 9.17) is 0 Å². The number of nitrogens with one attached hydrogen (secondary N) is 1. The molecule has 0 aromatic rings. The molecule has 0 aromatic heterocycles. The number of hydrogen-bond acceptors (Lipinski definition) is 3. The van der Waals surface area contributed by atoms with Crippen molar-refractivity contribution >= 4 is 12.0 Å². The second-order valence-electron chi connectivity index (χ2n) is 4.43. The number of carbonyl (C=O) groups is 2. The minimum atomic E-state index is -0.621. The van der Waals surface area contributed by atoms with E-state index in [2.05, 4.69) is 21.5 Å². The van der Waals surface area contributed by atoms with Gasteiger partial charge in [0, 0.05) is 0 Å². The van der Waals surface area contributed by atoms with Gasteiger partial charge in [0.2, 0.25) is 0 Å². The monoisotopic (exact) mass is 250 g/mol. The van der Waals surface area contributed by atoms with Crippen molar-refractivity contribution in [2.24, 2.45) is 5.92 Å². The molecule has 1 heterocycles. The molecule has 2 atom stereocenters. The molecule has 0 aromatic carbocycles. The Morgan fingerprint density at radius 1 is 1.39 bits per heavy atom. The van der Waals surface area contributed by atoms with E-state index in [1.165, 1.54) is 12.0 Å². The zero-order valence-electron chi connectivity index (χ0n) is 11.1. The Balaban J connectivity index is 2.84. The van der Waals surface area contributed by atoms with Gasteiger partial charge in [-0.05, 0) is 18.9 Å². The van der Waals surface area contributed by atoms with Crippen molar-refractivity contribution in [1.29, 1.82) is 0 Å². The molecule has 1 aliphatic heterocycles. The molecule has 0 bridgehead atoms. The van der Waals surface area contributed by atoms with E-state index in [0.717, 1.165) is 0 Å². The predicted octanol–water partition coefficient (Wildman–Crippen LogP) is 1.42. The van der Waals surface area contributed by atoms with E-state index in [1.54, 1.807) is 12.3 Å². The molecule has 2 amide bonds. The van der Waals surface area contributed by atoms with Crippen LogP contribution in [0, 0.1) is 5.92 Å². The molecule has 0 radical (unpaired) electrons. The summed E-state index contributed by atoms with van der Waals surface area (Å²) in [5.41, 5.74) is 5.54. The lowest BCUT2D eigenvalue weighted by Crippen LogP contribution is -2.51. The summed E-state index contributed by atoms with van der Waals surface area (Å²) in [7, 11) is 1.27. The first-order chi connectivity index (χ1) is 8.47. The average Bonchev–Trinajstić information content (AvgIpc) is 2.35. The first kappa shape index (κ1) is 14.1. The van der Waals surface area contributed by atoms with Crippen molar-refractivity contribution in [2.45, 2.75) is 32.9 Å². The van der Waals surface area contributed by atoms with Gasteiger partial charge in [-0.2, -0.15) is 0 Å². The summed E-state index contributed by atoms with van der Waals surface area (Å²) >= 11 is 0. The quantitative estimate of drug-likeness (QED) is 0.771. The van der Waals surface area contributed by atoms with Crippen molar-refractivity contribution in [3.63, 3.8) is 0 Å². The van der Waals surface area contributed by atoms with Crippen LogP contribution < -0.4 is 5.32 Å². The van der Waals surface area contributed by atoms with E-state index < -0.39 is 12.1 Å². The number of amides is 2. The molecule has 0 unspecified atom stereocenters. The summed E-state index contributed by atoms with van der Waals surface area (Å²) in [5.74, 6) is -0.222. The zero-order chi connectivity index (χ0) is 13.7. The van der Waals surface area contributed by atoms with E-state index >= 15 is 0 Å². The topological polar surface area (TPSA) is 58.6 Å². The molecular formula is C13H18N2O3. The molecule has 1 rings (SSSR count). The van der Waals surface area contributed by atoms with Gasteiger partial charge in [0.1, 0.15) is 6.04 Å². The number of hydrogen-bond donors (Lipinski definition) is 1. The fourth-order valence-corrected chi connectivity index (χ4v) is 1.60. The van der Waals surface area contributed by atoms with Crippen molar-refractivity contribution < 1.29 is 14.3 Å². The lowest BCUT2D eigenvalue weighted by molar-refractivity contribution is -0.132. The molecule has 0 saturated carbocycles. The minimum absolute atomic E-state index is 0.0351. The van der Waals surface area contributed by atoms with E-state index in [1.807, 2.05) is 20.8 Å².